The van der Waals surface area contributed by atoms with Gasteiger partial charge in [0.2, 0.25) is 5.79 Å². The van der Waals surface area contributed by atoms with Crippen LogP contribution in [0.5, 0.6) is 0 Å². The zero-order valence-electron chi connectivity index (χ0n) is 21.7. The van der Waals surface area contributed by atoms with Gasteiger partial charge in [-0.25, -0.2) is 0 Å². The molecule has 0 bridgehead atoms. The average Bonchev–Trinajstić information content (AvgIpc) is 3.06. The van der Waals surface area contributed by atoms with Crippen molar-refractivity contribution in [2.24, 2.45) is 11.3 Å². The molecule has 3 aliphatic rings. The van der Waals surface area contributed by atoms with E-state index < -0.39 is 63.6 Å². The molecule has 7 N–H and O–H groups in total. The van der Waals surface area contributed by atoms with Gasteiger partial charge < -0.3 is 40.5 Å². The second kappa shape index (κ2) is 10.1. The van der Waals surface area contributed by atoms with Gasteiger partial charge in [-0.3, -0.25) is 9.59 Å². The number of fused-ring (bicyclic) bond motifs is 3. The molecular weight excluding hydrogens is 496 g/mol. The molecule has 5 atom stereocenters. The van der Waals surface area contributed by atoms with E-state index in [0.29, 0.717) is 0 Å². The number of Topliss-reactive ketones (excluding diaryl/α,β-unsaturated/α-hetero) is 2. The summed E-state index contributed by atoms with van der Waals surface area (Å²) >= 11 is 0. The van der Waals surface area contributed by atoms with Crippen LogP contribution in [0.25, 0.3) is 0 Å². The van der Waals surface area contributed by atoms with Crippen LogP contribution in [-0.4, -0.2) is 77.5 Å². The van der Waals surface area contributed by atoms with Gasteiger partial charge in [-0.1, -0.05) is 36.5 Å². The van der Waals surface area contributed by atoms with Gasteiger partial charge in [0, 0.05) is 29.1 Å². The maximum atomic E-state index is 14.1. The summed E-state index contributed by atoms with van der Waals surface area (Å²) in [5.41, 5.74) is -7.09. The van der Waals surface area contributed by atoms with Crippen LogP contribution in [0.15, 0.2) is 82.6 Å². The lowest BCUT2D eigenvalue weighted by Gasteiger charge is -2.51. The molecule has 10 nitrogen and oxygen atoms in total. The molecule has 2 fully saturated rings. The molecule has 38 heavy (non-hydrogen) atoms. The largest absolute Gasteiger partial charge is 0.508 e. The van der Waals surface area contributed by atoms with E-state index in [4.69, 9.17) is 14.9 Å². The Bertz CT molecular complexity index is 1240. The highest BCUT2D eigenvalue weighted by Gasteiger charge is 2.81. The Hall–Kier alpha value is -3.28. The molecule has 2 aliphatic carbocycles. The van der Waals surface area contributed by atoms with Crippen molar-refractivity contribution in [3.63, 3.8) is 0 Å². The predicted octanol–water partition coefficient (Wildman–Crippen LogP) is 2.06. The van der Waals surface area contributed by atoms with E-state index >= 15 is 0 Å². The number of aliphatic hydroxyl groups excluding tert-OH is 5. The van der Waals surface area contributed by atoms with Gasteiger partial charge in [0.25, 0.3) is 0 Å². The first-order valence-electron chi connectivity index (χ1n) is 12.0. The van der Waals surface area contributed by atoms with Crippen molar-refractivity contribution in [3.05, 3.63) is 82.6 Å². The first-order valence-corrected chi connectivity index (χ1v) is 12.0. The van der Waals surface area contributed by atoms with E-state index in [9.17, 15) is 35.1 Å². The molecule has 1 saturated carbocycles. The van der Waals surface area contributed by atoms with Crippen molar-refractivity contribution in [1.82, 2.24) is 0 Å². The average molecular weight is 531 g/mol. The van der Waals surface area contributed by atoms with Crippen LogP contribution in [0, 0.1) is 11.3 Å². The monoisotopic (exact) mass is 530 g/mol. The van der Waals surface area contributed by atoms with Crippen molar-refractivity contribution < 1.29 is 50.1 Å². The summed E-state index contributed by atoms with van der Waals surface area (Å²) in [7, 11) is 0. The standard InChI is InChI=1S/C28H34O10/c1-16-21(33)20(19(32)12-8-6-10-14-30)22-26(3)24(35)17(18(31)11-7-5-9-13-29)15-25(2,36)28(26,37)38-27(22,4)23(16)34/h5-12,22,29-33,36-37H,13-15H2,1-4H3. The van der Waals surface area contributed by atoms with Gasteiger partial charge in [-0.2, -0.15) is 0 Å². The molecular formula is C28H34O10. The molecule has 10 heteroatoms. The maximum absolute atomic E-state index is 14.1. The summed E-state index contributed by atoms with van der Waals surface area (Å²) in [5, 5.41) is 74.0. The van der Waals surface area contributed by atoms with Crippen LogP contribution in [0.4, 0.5) is 0 Å². The topological polar surface area (TPSA) is 185 Å². The van der Waals surface area contributed by atoms with Crippen molar-refractivity contribution in [2.45, 2.75) is 51.1 Å². The number of carbonyl (C=O) groups is 2. The Morgan fingerprint density at radius 3 is 1.97 bits per heavy atom. The van der Waals surface area contributed by atoms with Crippen molar-refractivity contribution >= 4 is 11.6 Å². The molecule has 0 spiro atoms. The Labute approximate surface area is 220 Å². The maximum Gasteiger partial charge on any atom is 0.209 e. The quantitative estimate of drug-likeness (QED) is 0.152. The number of hydrogen-bond acceptors (Lipinski definition) is 10. The lowest BCUT2D eigenvalue weighted by atomic mass is 9.52. The second-order valence-electron chi connectivity index (χ2n) is 10.2. The number of rotatable bonds is 6. The molecule has 5 unspecified atom stereocenters. The fraction of sp³-hybridized carbons (Fsp3) is 0.429. The van der Waals surface area contributed by atoms with Crippen molar-refractivity contribution in [2.75, 3.05) is 13.2 Å². The molecule has 0 aromatic heterocycles. The number of hydrogen-bond donors (Lipinski definition) is 7. The van der Waals surface area contributed by atoms with Gasteiger partial charge in [-0.15, -0.1) is 0 Å². The van der Waals surface area contributed by atoms with Crippen LogP contribution in [-0.2, 0) is 14.3 Å². The molecule has 0 amide bonds. The third-order valence-electron chi connectivity index (χ3n) is 7.68. The summed E-state index contributed by atoms with van der Waals surface area (Å²) < 4.78 is 5.94. The highest BCUT2D eigenvalue weighted by Crippen LogP contribution is 2.67. The van der Waals surface area contributed by atoms with Crippen LogP contribution in [0.3, 0.4) is 0 Å². The lowest BCUT2D eigenvalue weighted by molar-refractivity contribution is -0.326. The fourth-order valence-corrected chi connectivity index (χ4v) is 5.83. The van der Waals surface area contributed by atoms with Crippen LogP contribution >= 0.6 is 0 Å². The zero-order valence-corrected chi connectivity index (χ0v) is 21.7. The van der Waals surface area contributed by atoms with E-state index in [0.717, 1.165) is 0 Å². The number of ketones is 2. The first kappa shape index (κ1) is 29.3. The normalized spacial score (nSPS) is 38.7. The highest BCUT2D eigenvalue weighted by atomic mass is 16.7. The highest BCUT2D eigenvalue weighted by molar-refractivity contribution is 6.09. The third-order valence-corrected chi connectivity index (χ3v) is 7.68. The smallest absolute Gasteiger partial charge is 0.209 e. The molecule has 0 aromatic rings. The molecule has 0 aromatic carbocycles. The first-order chi connectivity index (χ1) is 17.7. The SMILES string of the molecule is CC1=C(O)C(=C(O)C=CC=CCO)C2C(C)(OC3(O)C(C)(O)CC(=C(O)C=CC=CCO)C(=O)C23C)C1=O. The van der Waals surface area contributed by atoms with E-state index in [1.807, 2.05) is 0 Å². The number of allylic oxidation sites excluding steroid dienone is 7. The van der Waals surface area contributed by atoms with Gasteiger partial charge >= 0.3 is 0 Å². The summed E-state index contributed by atoms with van der Waals surface area (Å²) in [6.45, 7) is 4.57. The van der Waals surface area contributed by atoms with Crippen molar-refractivity contribution in [1.29, 1.82) is 0 Å². The second-order valence-corrected chi connectivity index (χ2v) is 10.2. The van der Waals surface area contributed by atoms with Gasteiger partial charge in [0.15, 0.2) is 11.6 Å². The minimum absolute atomic E-state index is 0.181. The molecule has 206 valence electrons. The van der Waals surface area contributed by atoms with E-state index in [1.54, 1.807) is 0 Å². The zero-order chi connectivity index (χ0) is 28.7. The Morgan fingerprint density at radius 1 is 0.921 bits per heavy atom. The summed E-state index contributed by atoms with van der Waals surface area (Å²) in [6.07, 6.45) is 10.2. The van der Waals surface area contributed by atoms with E-state index in [-0.39, 0.29) is 29.9 Å². The Kier molecular flexibility index (Phi) is 7.80. The summed E-state index contributed by atoms with van der Waals surface area (Å²) in [6, 6.07) is 0. The summed E-state index contributed by atoms with van der Waals surface area (Å²) in [4.78, 5) is 27.5. The van der Waals surface area contributed by atoms with Crippen molar-refractivity contribution in [3.8, 4) is 0 Å². The minimum atomic E-state index is -2.67. The number of ether oxygens (including phenoxy) is 1. The van der Waals surface area contributed by atoms with E-state index in [2.05, 4.69) is 0 Å². The molecule has 3 rings (SSSR count). The molecule has 1 heterocycles. The summed E-state index contributed by atoms with van der Waals surface area (Å²) in [5.74, 6) is -7.45. The van der Waals surface area contributed by atoms with E-state index in [1.165, 1.54) is 76.3 Å². The molecule has 1 saturated heterocycles. The van der Waals surface area contributed by atoms with Gasteiger partial charge in [0.05, 0.1) is 18.6 Å². The Balaban J connectivity index is 2.35. The Morgan fingerprint density at radius 2 is 1.45 bits per heavy atom. The number of carbonyl (C=O) groups excluding carboxylic acids is 2. The van der Waals surface area contributed by atoms with Gasteiger partial charge in [0.1, 0.15) is 28.5 Å². The fourth-order valence-electron chi connectivity index (χ4n) is 5.83. The third kappa shape index (κ3) is 4.09. The molecule has 1 aliphatic heterocycles. The predicted molar refractivity (Wildman–Crippen MR) is 137 cm³/mol. The van der Waals surface area contributed by atoms with Gasteiger partial charge in [-0.05, 0) is 39.8 Å². The van der Waals surface area contributed by atoms with Crippen LogP contribution < -0.4 is 0 Å². The molecule has 0 radical (unpaired) electrons. The number of aliphatic hydroxyl groups is 7. The lowest BCUT2D eigenvalue weighted by Crippen LogP contribution is -2.68. The minimum Gasteiger partial charge on any atom is -0.508 e. The van der Waals surface area contributed by atoms with Crippen LogP contribution in [0.2, 0.25) is 0 Å². The van der Waals surface area contributed by atoms with Crippen LogP contribution in [0.1, 0.15) is 34.1 Å².